The van der Waals surface area contributed by atoms with Crippen LogP contribution in [0.15, 0.2) is 35.7 Å². The van der Waals surface area contributed by atoms with Crippen molar-refractivity contribution in [3.05, 3.63) is 42.0 Å². The lowest BCUT2D eigenvalue weighted by Gasteiger charge is -2.05. The summed E-state index contributed by atoms with van der Waals surface area (Å²) in [6.07, 6.45) is 1.58. The van der Waals surface area contributed by atoms with Crippen LogP contribution in [0.5, 0.6) is 0 Å². The molecule has 1 aromatic carbocycles. The molecule has 5 nitrogen and oxygen atoms in total. The van der Waals surface area contributed by atoms with Gasteiger partial charge in [0.2, 0.25) is 0 Å². The summed E-state index contributed by atoms with van der Waals surface area (Å²) in [4.78, 5) is 11.9. The average Bonchev–Trinajstić information content (AvgIpc) is 2.90. The summed E-state index contributed by atoms with van der Waals surface area (Å²) in [6.45, 7) is 1.15. The van der Waals surface area contributed by atoms with E-state index in [9.17, 15) is 9.18 Å². The molecule has 0 atom stereocenters. The Morgan fingerprint density at radius 1 is 1.45 bits per heavy atom. The molecule has 0 radical (unpaired) electrons. The van der Waals surface area contributed by atoms with Gasteiger partial charge in [0.05, 0.1) is 17.9 Å². The van der Waals surface area contributed by atoms with Crippen LogP contribution >= 0.6 is 11.8 Å². The number of aromatic nitrogens is 3. The molecule has 0 amide bonds. The van der Waals surface area contributed by atoms with Gasteiger partial charge in [-0.1, -0.05) is 23.9 Å². The minimum Gasteiger partial charge on any atom is -0.383 e. The van der Waals surface area contributed by atoms with Crippen molar-refractivity contribution in [1.29, 1.82) is 0 Å². The Balaban J connectivity index is 1.97. The number of thioether (sulfide) groups is 1. The third-order valence-electron chi connectivity index (χ3n) is 2.62. The maximum atomic E-state index is 13.5. The molecule has 0 bridgehead atoms. The minimum absolute atomic E-state index is 0.1000. The van der Waals surface area contributed by atoms with E-state index in [-0.39, 0.29) is 17.1 Å². The van der Waals surface area contributed by atoms with Gasteiger partial charge in [0.1, 0.15) is 12.1 Å². The smallest absolute Gasteiger partial charge is 0.191 e. The molecule has 0 aliphatic heterocycles. The maximum Gasteiger partial charge on any atom is 0.191 e. The van der Waals surface area contributed by atoms with Gasteiger partial charge >= 0.3 is 0 Å². The van der Waals surface area contributed by atoms with Crippen molar-refractivity contribution >= 4 is 17.5 Å². The summed E-state index contributed by atoms with van der Waals surface area (Å²) >= 11 is 1.23. The van der Waals surface area contributed by atoms with E-state index in [0.717, 1.165) is 0 Å². The number of rotatable bonds is 7. The second-order valence-electron chi connectivity index (χ2n) is 3.99. The third-order valence-corrected chi connectivity index (χ3v) is 3.60. The zero-order valence-corrected chi connectivity index (χ0v) is 11.8. The van der Waals surface area contributed by atoms with Crippen molar-refractivity contribution in [2.45, 2.75) is 11.7 Å². The Labute approximate surface area is 120 Å². The van der Waals surface area contributed by atoms with E-state index in [1.807, 2.05) is 0 Å². The molecule has 0 N–H and O–H groups in total. The standard InChI is InChI=1S/C13H14FN3O2S/c1-19-7-6-17-9-15-16-13(17)20-8-12(18)10-4-2-3-5-11(10)14/h2-5,9H,6-8H2,1H3. The molecule has 20 heavy (non-hydrogen) atoms. The number of hydrogen-bond acceptors (Lipinski definition) is 5. The Morgan fingerprint density at radius 2 is 2.25 bits per heavy atom. The molecule has 2 rings (SSSR count). The van der Waals surface area contributed by atoms with Gasteiger partial charge < -0.3 is 9.30 Å². The van der Waals surface area contributed by atoms with Gasteiger partial charge in [0.15, 0.2) is 10.9 Å². The summed E-state index contributed by atoms with van der Waals surface area (Å²) in [6, 6.07) is 5.95. The molecule has 0 unspecified atom stereocenters. The van der Waals surface area contributed by atoms with Crippen molar-refractivity contribution in [1.82, 2.24) is 14.8 Å². The molecule has 0 fully saturated rings. The highest BCUT2D eigenvalue weighted by Crippen LogP contribution is 2.17. The molecule has 0 spiro atoms. The SMILES string of the molecule is COCCn1cnnc1SCC(=O)c1ccccc1F. The Kier molecular flexibility index (Phi) is 5.25. The first-order valence-electron chi connectivity index (χ1n) is 5.99. The van der Waals surface area contributed by atoms with Crippen molar-refractivity contribution in [2.75, 3.05) is 19.5 Å². The number of methoxy groups -OCH3 is 1. The number of Topliss-reactive ketones (excluding diaryl/α,β-unsaturated/α-hetero) is 1. The first kappa shape index (κ1) is 14.7. The number of carbonyl (C=O) groups is 1. The van der Waals surface area contributed by atoms with Crippen LogP contribution in [-0.4, -0.2) is 40.0 Å². The molecule has 0 aliphatic carbocycles. The van der Waals surface area contributed by atoms with Crippen LogP contribution in [0.25, 0.3) is 0 Å². The third kappa shape index (κ3) is 3.64. The van der Waals surface area contributed by atoms with Crippen LogP contribution in [0.1, 0.15) is 10.4 Å². The number of benzene rings is 1. The number of hydrogen-bond donors (Lipinski definition) is 0. The fourth-order valence-corrected chi connectivity index (χ4v) is 2.42. The lowest BCUT2D eigenvalue weighted by Crippen LogP contribution is -2.08. The second-order valence-corrected chi connectivity index (χ2v) is 4.93. The van der Waals surface area contributed by atoms with Gasteiger partial charge in [-0.15, -0.1) is 10.2 Å². The summed E-state index contributed by atoms with van der Waals surface area (Å²) in [7, 11) is 1.61. The summed E-state index contributed by atoms with van der Waals surface area (Å²) in [5.74, 6) is -0.652. The predicted octanol–water partition coefficient (Wildman–Crippen LogP) is 2.04. The molecule has 1 heterocycles. The Morgan fingerprint density at radius 3 is 3.00 bits per heavy atom. The monoisotopic (exact) mass is 295 g/mol. The number of carbonyl (C=O) groups excluding carboxylic acids is 1. The van der Waals surface area contributed by atoms with E-state index in [1.165, 1.54) is 23.9 Å². The van der Waals surface area contributed by atoms with E-state index < -0.39 is 5.82 Å². The van der Waals surface area contributed by atoms with Crippen LogP contribution in [0.4, 0.5) is 4.39 Å². The number of ether oxygens (including phenoxy) is 1. The van der Waals surface area contributed by atoms with E-state index in [2.05, 4.69) is 10.2 Å². The highest BCUT2D eigenvalue weighted by Gasteiger charge is 2.13. The fourth-order valence-electron chi connectivity index (χ4n) is 1.59. The number of ketones is 1. The van der Waals surface area contributed by atoms with Gasteiger partial charge in [0.25, 0.3) is 0 Å². The summed E-state index contributed by atoms with van der Waals surface area (Å²) in [5.41, 5.74) is 0.1000. The maximum absolute atomic E-state index is 13.5. The van der Waals surface area contributed by atoms with Gasteiger partial charge in [-0.05, 0) is 12.1 Å². The fraction of sp³-hybridized carbons (Fsp3) is 0.308. The molecule has 0 saturated carbocycles. The molecular weight excluding hydrogens is 281 g/mol. The van der Waals surface area contributed by atoms with Crippen LogP contribution in [-0.2, 0) is 11.3 Å². The van der Waals surface area contributed by atoms with Gasteiger partial charge in [0, 0.05) is 13.7 Å². The van der Waals surface area contributed by atoms with E-state index in [4.69, 9.17) is 4.74 Å². The van der Waals surface area contributed by atoms with Crippen LogP contribution < -0.4 is 0 Å². The number of halogens is 1. The molecule has 0 saturated heterocycles. The zero-order chi connectivity index (χ0) is 14.4. The normalized spacial score (nSPS) is 10.7. The largest absolute Gasteiger partial charge is 0.383 e. The van der Waals surface area contributed by atoms with Crippen molar-refractivity contribution < 1.29 is 13.9 Å². The molecule has 0 aliphatic rings. The first-order valence-corrected chi connectivity index (χ1v) is 6.98. The minimum atomic E-state index is -0.501. The quantitative estimate of drug-likeness (QED) is 0.578. The molecule has 1 aromatic heterocycles. The van der Waals surface area contributed by atoms with E-state index in [0.29, 0.717) is 18.3 Å². The lowest BCUT2D eigenvalue weighted by atomic mass is 10.1. The van der Waals surface area contributed by atoms with Gasteiger partial charge in [-0.25, -0.2) is 4.39 Å². The Hall–Kier alpha value is -1.73. The van der Waals surface area contributed by atoms with E-state index in [1.54, 1.807) is 30.1 Å². The molecule has 2 aromatic rings. The van der Waals surface area contributed by atoms with Crippen LogP contribution in [0, 0.1) is 5.82 Å². The van der Waals surface area contributed by atoms with Crippen molar-refractivity contribution in [3.8, 4) is 0 Å². The number of nitrogens with zero attached hydrogens (tertiary/aromatic N) is 3. The predicted molar refractivity (Wildman–Crippen MR) is 73.4 cm³/mol. The molecule has 106 valence electrons. The zero-order valence-electron chi connectivity index (χ0n) is 11.0. The summed E-state index contributed by atoms with van der Waals surface area (Å²) < 4.78 is 20.2. The highest BCUT2D eigenvalue weighted by molar-refractivity contribution is 7.99. The molecular formula is C13H14FN3O2S. The lowest BCUT2D eigenvalue weighted by molar-refractivity contribution is 0.101. The van der Waals surface area contributed by atoms with Gasteiger partial charge in [-0.3, -0.25) is 4.79 Å². The van der Waals surface area contributed by atoms with Crippen LogP contribution in [0.2, 0.25) is 0 Å². The van der Waals surface area contributed by atoms with Crippen molar-refractivity contribution in [2.24, 2.45) is 0 Å². The first-order chi connectivity index (χ1) is 9.72. The van der Waals surface area contributed by atoms with Crippen LogP contribution in [0.3, 0.4) is 0 Å². The van der Waals surface area contributed by atoms with E-state index >= 15 is 0 Å². The highest BCUT2D eigenvalue weighted by atomic mass is 32.2. The topological polar surface area (TPSA) is 57.0 Å². The average molecular weight is 295 g/mol. The van der Waals surface area contributed by atoms with Gasteiger partial charge in [-0.2, -0.15) is 0 Å². The second kappa shape index (κ2) is 7.16. The summed E-state index contributed by atoms with van der Waals surface area (Å²) in [5, 5.41) is 8.34. The van der Waals surface area contributed by atoms with Crippen molar-refractivity contribution in [3.63, 3.8) is 0 Å². The Bertz CT molecular complexity index is 589. The molecule has 7 heteroatoms.